The van der Waals surface area contributed by atoms with Crippen molar-refractivity contribution in [3.05, 3.63) is 30.3 Å². The standard InChI is InChI=1S/C17H25N3/c1-17(14-18,19-15-10-11-15)12-6-7-13-20(2)16-8-4-3-5-9-16/h3-5,8-9,15,19H,6-7,10-13H2,1-2H3. The Morgan fingerprint density at radius 2 is 2.00 bits per heavy atom. The summed E-state index contributed by atoms with van der Waals surface area (Å²) >= 11 is 0. The van der Waals surface area contributed by atoms with Crippen LogP contribution in [0.1, 0.15) is 39.0 Å². The highest BCUT2D eigenvalue weighted by Crippen LogP contribution is 2.24. The highest BCUT2D eigenvalue weighted by Gasteiger charge is 2.31. The van der Waals surface area contributed by atoms with Gasteiger partial charge in [-0.25, -0.2) is 0 Å². The highest BCUT2D eigenvalue weighted by molar-refractivity contribution is 5.44. The van der Waals surface area contributed by atoms with Crippen LogP contribution in [0.4, 0.5) is 5.69 Å². The smallest absolute Gasteiger partial charge is 0.104 e. The zero-order valence-corrected chi connectivity index (χ0v) is 12.6. The lowest BCUT2D eigenvalue weighted by Gasteiger charge is -2.24. The first-order chi connectivity index (χ1) is 9.63. The van der Waals surface area contributed by atoms with Crippen LogP contribution in [0.2, 0.25) is 0 Å². The maximum absolute atomic E-state index is 9.33. The number of nitrogens with one attached hydrogen (secondary N) is 1. The molecule has 3 nitrogen and oxygen atoms in total. The minimum atomic E-state index is -0.341. The molecule has 1 fully saturated rings. The summed E-state index contributed by atoms with van der Waals surface area (Å²) in [6, 6.07) is 13.5. The Bertz CT molecular complexity index is 447. The van der Waals surface area contributed by atoms with Gasteiger partial charge in [-0.15, -0.1) is 0 Å². The molecule has 1 N–H and O–H groups in total. The number of para-hydroxylation sites is 1. The fraction of sp³-hybridized carbons (Fsp3) is 0.588. The maximum atomic E-state index is 9.33. The molecule has 0 bridgehead atoms. The van der Waals surface area contributed by atoms with Crippen molar-refractivity contribution < 1.29 is 0 Å². The van der Waals surface area contributed by atoms with E-state index in [0.717, 1.165) is 25.8 Å². The number of nitriles is 1. The van der Waals surface area contributed by atoms with E-state index in [4.69, 9.17) is 0 Å². The Balaban J connectivity index is 1.69. The Labute approximate surface area is 122 Å². The Kier molecular flexibility index (Phi) is 5.03. The van der Waals surface area contributed by atoms with Crippen molar-refractivity contribution in [3.63, 3.8) is 0 Å². The predicted molar refractivity (Wildman–Crippen MR) is 83.7 cm³/mol. The van der Waals surface area contributed by atoms with Gasteiger partial charge in [-0.2, -0.15) is 5.26 Å². The van der Waals surface area contributed by atoms with Crippen LogP contribution in [-0.2, 0) is 0 Å². The second-order valence-corrected chi connectivity index (χ2v) is 6.08. The summed E-state index contributed by atoms with van der Waals surface area (Å²) in [5.74, 6) is 0. The van der Waals surface area contributed by atoms with Crippen LogP contribution in [0.15, 0.2) is 30.3 Å². The quantitative estimate of drug-likeness (QED) is 0.737. The average Bonchev–Trinajstić information content (AvgIpc) is 3.28. The lowest BCUT2D eigenvalue weighted by molar-refractivity contribution is 0.399. The molecule has 0 aliphatic heterocycles. The van der Waals surface area contributed by atoms with Crippen LogP contribution in [0.25, 0.3) is 0 Å². The van der Waals surface area contributed by atoms with Crippen molar-refractivity contribution in [2.24, 2.45) is 0 Å². The molecule has 1 aliphatic rings. The first-order valence-electron chi connectivity index (χ1n) is 7.58. The van der Waals surface area contributed by atoms with Crippen LogP contribution >= 0.6 is 0 Å². The third-order valence-electron chi connectivity index (χ3n) is 3.96. The van der Waals surface area contributed by atoms with E-state index in [1.165, 1.54) is 18.5 Å². The third-order valence-corrected chi connectivity index (χ3v) is 3.96. The molecule has 1 atom stereocenters. The fourth-order valence-electron chi connectivity index (χ4n) is 2.48. The third kappa shape index (κ3) is 4.54. The highest BCUT2D eigenvalue weighted by atomic mass is 15.1. The van der Waals surface area contributed by atoms with E-state index in [1.54, 1.807) is 0 Å². The molecule has 0 radical (unpaired) electrons. The van der Waals surface area contributed by atoms with E-state index in [2.05, 4.69) is 47.6 Å². The van der Waals surface area contributed by atoms with Gasteiger partial charge in [-0.1, -0.05) is 18.2 Å². The van der Waals surface area contributed by atoms with Crippen molar-refractivity contribution in [2.75, 3.05) is 18.5 Å². The molecule has 0 spiro atoms. The molecular weight excluding hydrogens is 246 g/mol. The Hall–Kier alpha value is -1.53. The molecule has 1 aromatic rings. The minimum absolute atomic E-state index is 0.341. The topological polar surface area (TPSA) is 39.1 Å². The molecular formula is C17H25N3. The zero-order valence-electron chi connectivity index (χ0n) is 12.6. The summed E-state index contributed by atoms with van der Waals surface area (Å²) in [5.41, 5.74) is 0.915. The van der Waals surface area contributed by atoms with Crippen LogP contribution in [0, 0.1) is 11.3 Å². The molecule has 1 aromatic carbocycles. The molecule has 0 amide bonds. The number of benzene rings is 1. The van der Waals surface area contributed by atoms with Crippen LogP contribution in [-0.4, -0.2) is 25.2 Å². The second kappa shape index (κ2) is 6.76. The maximum Gasteiger partial charge on any atom is 0.104 e. The van der Waals surface area contributed by atoms with E-state index < -0.39 is 0 Å². The van der Waals surface area contributed by atoms with Crippen molar-refractivity contribution in [1.29, 1.82) is 5.26 Å². The lowest BCUT2D eigenvalue weighted by Crippen LogP contribution is -2.42. The van der Waals surface area contributed by atoms with Crippen LogP contribution in [0.3, 0.4) is 0 Å². The number of hydrogen-bond donors (Lipinski definition) is 1. The van der Waals surface area contributed by atoms with E-state index in [-0.39, 0.29) is 5.54 Å². The number of hydrogen-bond acceptors (Lipinski definition) is 3. The van der Waals surface area contributed by atoms with E-state index in [9.17, 15) is 5.26 Å². The van der Waals surface area contributed by atoms with Crippen molar-refractivity contribution >= 4 is 5.69 Å². The first kappa shape index (κ1) is 14.9. The molecule has 0 aromatic heterocycles. The first-order valence-corrected chi connectivity index (χ1v) is 7.58. The summed E-state index contributed by atoms with van der Waals surface area (Å²) < 4.78 is 0. The molecule has 0 saturated heterocycles. The summed E-state index contributed by atoms with van der Waals surface area (Å²) in [4.78, 5) is 2.28. The van der Waals surface area contributed by atoms with Crippen molar-refractivity contribution in [3.8, 4) is 6.07 Å². The van der Waals surface area contributed by atoms with Crippen LogP contribution in [0.5, 0.6) is 0 Å². The molecule has 2 rings (SSSR count). The van der Waals surface area contributed by atoms with Crippen molar-refractivity contribution in [1.82, 2.24) is 5.32 Å². The van der Waals surface area contributed by atoms with Gasteiger partial charge >= 0.3 is 0 Å². The Morgan fingerprint density at radius 1 is 1.30 bits per heavy atom. The summed E-state index contributed by atoms with van der Waals surface area (Å²) in [7, 11) is 2.13. The van der Waals surface area contributed by atoms with Gasteiger partial charge < -0.3 is 4.90 Å². The second-order valence-electron chi connectivity index (χ2n) is 6.08. The van der Waals surface area contributed by atoms with Gasteiger partial charge in [-0.3, -0.25) is 5.32 Å². The van der Waals surface area contributed by atoms with Gasteiger partial charge in [-0.05, 0) is 51.2 Å². The molecule has 1 aliphatic carbocycles. The van der Waals surface area contributed by atoms with Gasteiger partial charge in [0.15, 0.2) is 0 Å². The molecule has 1 saturated carbocycles. The van der Waals surface area contributed by atoms with Gasteiger partial charge in [0.05, 0.1) is 6.07 Å². The number of rotatable bonds is 8. The normalized spacial score (nSPS) is 17.2. The van der Waals surface area contributed by atoms with E-state index >= 15 is 0 Å². The fourth-order valence-corrected chi connectivity index (χ4v) is 2.48. The molecule has 3 heteroatoms. The zero-order chi connectivity index (χ0) is 14.4. The molecule has 0 heterocycles. The van der Waals surface area contributed by atoms with E-state index in [1.807, 2.05) is 13.0 Å². The van der Waals surface area contributed by atoms with E-state index in [0.29, 0.717) is 6.04 Å². The summed E-state index contributed by atoms with van der Waals surface area (Å²) in [6.45, 7) is 3.07. The van der Waals surface area contributed by atoms with Gasteiger partial charge in [0.25, 0.3) is 0 Å². The van der Waals surface area contributed by atoms with Gasteiger partial charge in [0.1, 0.15) is 5.54 Å². The monoisotopic (exact) mass is 271 g/mol. The summed E-state index contributed by atoms with van der Waals surface area (Å²) in [5, 5.41) is 12.8. The van der Waals surface area contributed by atoms with Gasteiger partial charge in [0.2, 0.25) is 0 Å². The predicted octanol–water partition coefficient (Wildman–Crippen LogP) is 3.33. The Morgan fingerprint density at radius 3 is 2.60 bits per heavy atom. The summed E-state index contributed by atoms with van der Waals surface area (Å²) in [6.07, 6.45) is 5.60. The largest absolute Gasteiger partial charge is 0.375 e. The average molecular weight is 271 g/mol. The van der Waals surface area contributed by atoms with Gasteiger partial charge in [0, 0.05) is 25.3 Å². The molecule has 20 heavy (non-hydrogen) atoms. The number of unbranched alkanes of at least 4 members (excludes halogenated alkanes) is 1. The molecule has 1 unspecified atom stereocenters. The SMILES string of the molecule is CN(CCCCC(C)(C#N)NC1CC1)c1ccccc1. The van der Waals surface area contributed by atoms with Crippen molar-refractivity contribution in [2.45, 2.75) is 50.6 Å². The van der Waals surface area contributed by atoms with Crippen LogP contribution < -0.4 is 10.2 Å². The number of nitrogens with zero attached hydrogens (tertiary/aromatic N) is 2. The molecule has 108 valence electrons. The lowest BCUT2D eigenvalue weighted by atomic mass is 9.96. The minimum Gasteiger partial charge on any atom is -0.375 e. The number of anilines is 1.